The summed E-state index contributed by atoms with van der Waals surface area (Å²) in [6.45, 7) is 8.14. The lowest BCUT2D eigenvalue weighted by Crippen LogP contribution is -2.27. The third-order valence-corrected chi connectivity index (χ3v) is 4.74. The van der Waals surface area contributed by atoms with Gasteiger partial charge in [0.25, 0.3) is 0 Å². The normalized spacial score (nSPS) is 14.2. The van der Waals surface area contributed by atoms with E-state index in [4.69, 9.17) is 4.74 Å². The Balaban J connectivity index is 2.88. The van der Waals surface area contributed by atoms with Crippen molar-refractivity contribution >= 4 is 16.8 Å². The fraction of sp³-hybridized carbons (Fsp3) is 0.533. The molecule has 1 aromatic rings. The molecule has 0 aromatic heterocycles. The van der Waals surface area contributed by atoms with Gasteiger partial charge in [0.05, 0.1) is 17.4 Å². The molecular weight excluding hydrogens is 260 g/mol. The molecule has 1 aromatic carbocycles. The molecule has 19 heavy (non-hydrogen) atoms. The van der Waals surface area contributed by atoms with Gasteiger partial charge in [0.2, 0.25) is 0 Å². The third-order valence-electron chi connectivity index (χ3n) is 2.96. The van der Waals surface area contributed by atoms with E-state index in [1.807, 2.05) is 31.2 Å². The Hall–Kier alpha value is -1.16. The van der Waals surface area contributed by atoms with E-state index in [0.717, 1.165) is 0 Å². The van der Waals surface area contributed by atoms with Crippen molar-refractivity contribution in [3.8, 4) is 0 Å². The maximum atomic E-state index is 12.4. The van der Waals surface area contributed by atoms with E-state index in [9.17, 15) is 9.00 Å². The van der Waals surface area contributed by atoms with Crippen molar-refractivity contribution in [2.45, 2.75) is 50.2 Å². The Kier molecular flexibility index (Phi) is 6.22. The van der Waals surface area contributed by atoms with Crippen molar-refractivity contribution in [1.29, 1.82) is 0 Å². The summed E-state index contributed by atoms with van der Waals surface area (Å²) in [7, 11) is -1.35. The van der Waals surface area contributed by atoms with Gasteiger partial charge < -0.3 is 4.74 Å². The third kappa shape index (κ3) is 4.16. The van der Waals surface area contributed by atoms with Crippen molar-refractivity contribution in [2.24, 2.45) is 0 Å². The molecule has 0 fully saturated rings. The van der Waals surface area contributed by atoms with E-state index >= 15 is 0 Å². The van der Waals surface area contributed by atoms with Crippen LogP contribution in [0.25, 0.3) is 0 Å². The van der Waals surface area contributed by atoms with E-state index < -0.39 is 16.0 Å². The summed E-state index contributed by atoms with van der Waals surface area (Å²) in [5.41, 5.74) is 1.20. The molecule has 106 valence electrons. The standard InChI is InChI=1S/C15H22O3S/c1-5-14(15(16)18-6-2)19(17)13-9-7-12(8-10-13)11(3)4/h7-11,14H,5-6H2,1-4H3. The highest BCUT2D eigenvalue weighted by Crippen LogP contribution is 2.19. The second-order valence-corrected chi connectivity index (χ2v) is 6.31. The second kappa shape index (κ2) is 7.43. The number of hydrogen-bond donors (Lipinski definition) is 0. The first kappa shape index (κ1) is 15.9. The first-order valence-corrected chi connectivity index (χ1v) is 7.89. The van der Waals surface area contributed by atoms with Gasteiger partial charge in [0, 0.05) is 4.90 Å². The van der Waals surface area contributed by atoms with Gasteiger partial charge in [-0.05, 0) is 37.0 Å². The Bertz CT molecular complexity index is 437. The van der Waals surface area contributed by atoms with Gasteiger partial charge in [-0.3, -0.25) is 9.00 Å². The van der Waals surface area contributed by atoms with Gasteiger partial charge in [0.15, 0.2) is 0 Å². The Labute approximate surface area is 117 Å². The van der Waals surface area contributed by atoms with Gasteiger partial charge in [-0.1, -0.05) is 32.9 Å². The summed E-state index contributed by atoms with van der Waals surface area (Å²) < 4.78 is 17.4. The Morgan fingerprint density at radius 2 is 1.79 bits per heavy atom. The number of benzene rings is 1. The van der Waals surface area contributed by atoms with E-state index in [0.29, 0.717) is 23.8 Å². The zero-order valence-electron chi connectivity index (χ0n) is 12.0. The number of esters is 1. The average molecular weight is 282 g/mol. The summed E-state index contributed by atoms with van der Waals surface area (Å²) in [4.78, 5) is 12.4. The summed E-state index contributed by atoms with van der Waals surface area (Å²) in [6.07, 6.45) is 0.511. The summed E-state index contributed by atoms with van der Waals surface area (Å²) in [6, 6.07) is 7.62. The minimum Gasteiger partial charge on any atom is -0.465 e. The predicted octanol–water partition coefficient (Wildman–Crippen LogP) is 3.26. The van der Waals surface area contributed by atoms with Gasteiger partial charge in [-0.25, -0.2) is 0 Å². The van der Waals surface area contributed by atoms with Gasteiger partial charge in [0.1, 0.15) is 5.25 Å². The van der Waals surface area contributed by atoms with Gasteiger partial charge in [-0.2, -0.15) is 0 Å². The van der Waals surface area contributed by atoms with E-state index in [-0.39, 0.29) is 5.97 Å². The van der Waals surface area contributed by atoms with E-state index in [1.165, 1.54) is 5.56 Å². The van der Waals surface area contributed by atoms with Gasteiger partial charge >= 0.3 is 5.97 Å². The number of carbonyl (C=O) groups is 1. The maximum Gasteiger partial charge on any atom is 0.322 e. The zero-order chi connectivity index (χ0) is 14.4. The molecule has 0 saturated heterocycles. The fourth-order valence-electron chi connectivity index (χ4n) is 1.79. The molecule has 0 N–H and O–H groups in total. The molecule has 0 amide bonds. The number of rotatable bonds is 6. The molecule has 0 aliphatic rings. The Morgan fingerprint density at radius 3 is 2.21 bits per heavy atom. The first-order chi connectivity index (χ1) is 9.01. The Morgan fingerprint density at radius 1 is 1.21 bits per heavy atom. The van der Waals surface area contributed by atoms with Crippen LogP contribution in [0, 0.1) is 0 Å². The molecule has 0 saturated carbocycles. The van der Waals surface area contributed by atoms with Crippen molar-refractivity contribution < 1.29 is 13.7 Å². The van der Waals surface area contributed by atoms with Crippen LogP contribution in [0.4, 0.5) is 0 Å². The number of carbonyl (C=O) groups excluding carboxylic acids is 1. The SMILES string of the molecule is CCOC(=O)C(CC)S(=O)c1ccc(C(C)C)cc1. The fourth-order valence-corrected chi connectivity index (χ4v) is 3.07. The molecule has 3 nitrogen and oxygen atoms in total. The minimum absolute atomic E-state index is 0.318. The summed E-state index contributed by atoms with van der Waals surface area (Å²) >= 11 is 0. The van der Waals surface area contributed by atoms with Crippen molar-refractivity contribution in [1.82, 2.24) is 0 Å². The largest absolute Gasteiger partial charge is 0.465 e. The van der Waals surface area contributed by atoms with Crippen molar-refractivity contribution in [3.63, 3.8) is 0 Å². The van der Waals surface area contributed by atoms with Crippen LogP contribution in [0.3, 0.4) is 0 Å². The quantitative estimate of drug-likeness (QED) is 0.752. The van der Waals surface area contributed by atoms with Crippen LogP contribution in [0.2, 0.25) is 0 Å². The lowest BCUT2D eigenvalue weighted by Gasteiger charge is -2.14. The number of ether oxygens (including phenoxy) is 1. The summed E-state index contributed by atoms with van der Waals surface area (Å²) in [5.74, 6) is 0.0609. The predicted molar refractivity (Wildman–Crippen MR) is 77.7 cm³/mol. The summed E-state index contributed by atoms with van der Waals surface area (Å²) in [5, 5.41) is -0.579. The molecule has 1 rings (SSSR count). The highest BCUT2D eigenvalue weighted by molar-refractivity contribution is 7.86. The van der Waals surface area contributed by atoms with Crippen LogP contribution in [-0.4, -0.2) is 22.0 Å². The second-order valence-electron chi connectivity index (χ2n) is 4.67. The molecule has 0 spiro atoms. The molecule has 4 heteroatoms. The molecule has 0 heterocycles. The topological polar surface area (TPSA) is 43.4 Å². The lowest BCUT2D eigenvalue weighted by molar-refractivity contribution is -0.142. The van der Waals surface area contributed by atoms with Crippen molar-refractivity contribution in [3.05, 3.63) is 29.8 Å². The first-order valence-electron chi connectivity index (χ1n) is 6.68. The molecule has 0 bridgehead atoms. The van der Waals surface area contributed by atoms with Gasteiger partial charge in [-0.15, -0.1) is 0 Å². The lowest BCUT2D eigenvalue weighted by atomic mass is 10.0. The number of hydrogen-bond acceptors (Lipinski definition) is 3. The maximum absolute atomic E-state index is 12.4. The van der Waals surface area contributed by atoms with Crippen LogP contribution < -0.4 is 0 Å². The van der Waals surface area contributed by atoms with Crippen molar-refractivity contribution in [2.75, 3.05) is 6.61 Å². The zero-order valence-corrected chi connectivity index (χ0v) is 12.8. The van der Waals surface area contributed by atoms with Crippen LogP contribution in [0.1, 0.15) is 45.6 Å². The molecule has 0 aliphatic heterocycles. The van der Waals surface area contributed by atoms with Crippen LogP contribution in [0.15, 0.2) is 29.2 Å². The monoisotopic (exact) mass is 282 g/mol. The van der Waals surface area contributed by atoms with E-state index in [1.54, 1.807) is 6.92 Å². The smallest absolute Gasteiger partial charge is 0.322 e. The molecule has 2 atom stereocenters. The van der Waals surface area contributed by atoms with Crippen LogP contribution in [-0.2, 0) is 20.3 Å². The molecule has 0 radical (unpaired) electrons. The highest BCUT2D eigenvalue weighted by atomic mass is 32.2. The molecule has 2 unspecified atom stereocenters. The van der Waals surface area contributed by atoms with Crippen LogP contribution >= 0.6 is 0 Å². The van der Waals surface area contributed by atoms with E-state index in [2.05, 4.69) is 13.8 Å². The minimum atomic E-state index is -1.35. The van der Waals surface area contributed by atoms with Crippen LogP contribution in [0.5, 0.6) is 0 Å². The highest BCUT2D eigenvalue weighted by Gasteiger charge is 2.25. The molecule has 0 aliphatic carbocycles. The average Bonchev–Trinajstić information content (AvgIpc) is 2.39. The molecular formula is C15H22O3S.